The largest absolute Gasteiger partial charge is 0.334 e. The van der Waals surface area contributed by atoms with Crippen molar-refractivity contribution < 1.29 is 22.8 Å². The SMILES string of the molecule is O=C1NC(CCc2ccccc2)C(=O)N1CC(=O)N(C1CCCC1)C1CCS(=O)(=O)C1. The standard InChI is InChI=1S/C22H29N3O5S/c26-20(25(17-8-4-5-9-17)18-12-13-31(29,30)15-18)14-24-21(27)19(23-22(24)28)11-10-16-6-2-1-3-7-16/h1-3,6-7,17-19H,4-5,8-15H2,(H,23,28). The molecule has 3 aliphatic rings. The maximum atomic E-state index is 13.2. The average Bonchev–Trinajstić information content (AvgIpc) is 3.45. The van der Waals surface area contributed by atoms with Crippen LogP contribution < -0.4 is 5.32 Å². The molecule has 2 aliphatic heterocycles. The quantitative estimate of drug-likeness (QED) is 0.638. The van der Waals surface area contributed by atoms with Crippen LogP contribution in [0.3, 0.4) is 0 Å². The Morgan fingerprint density at radius 3 is 2.42 bits per heavy atom. The number of hydrogen-bond acceptors (Lipinski definition) is 5. The average molecular weight is 448 g/mol. The zero-order valence-corrected chi connectivity index (χ0v) is 18.4. The summed E-state index contributed by atoms with van der Waals surface area (Å²) in [7, 11) is -3.15. The van der Waals surface area contributed by atoms with Crippen LogP contribution in [0, 0.1) is 0 Å². The lowest BCUT2D eigenvalue weighted by atomic mass is 10.1. The molecule has 1 aliphatic carbocycles. The number of nitrogens with zero attached hydrogens (tertiary/aromatic N) is 2. The summed E-state index contributed by atoms with van der Waals surface area (Å²) in [6, 6.07) is 8.14. The van der Waals surface area contributed by atoms with E-state index < -0.39 is 21.9 Å². The lowest BCUT2D eigenvalue weighted by Crippen LogP contribution is -2.51. The normalized spacial score (nSPS) is 25.7. The maximum absolute atomic E-state index is 13.2. The van der Waals surface area contributed by atoms with Crippen molar-refractivity contribution in [1.29, 1.82) is 0 Å². The van der Waals surface area contributed by atoms with Gasteiger partial charge in [0.15, 0.2) is 9.84 Å². The number of amides is 4. The second-order valence-corrected chi connectivity index (χ2v) is 11.0. The van der Waals surface area contributed by atoms with E-state index in [-0.39, 0.29) is 41.9 Å². The van der Waals surface area contributed by atoms with E-state index >= 15 is 0 Å². The van der Waals surface area contributed by atoms with Gasteiger partial charge < -0.3 is 10.2 Å². The van der Waals surface area contributed by atoms with Gasteiger partial charge in [-0.1, -0.05) is 43.2 Å². The highest BCUT2D eigenvalue weighted by Crippen LogP contribution is 2.29. The molecule has 1 saturated carbocycles. The highest BCUT2D eigenvalue weighted by Gasteiger charge is 2.43. The van der Waals surface area contributed by atoms with Crippen molar-refractivity contribution in [2.75, 3.05) is 18.1 Å². The molecule has 168 valence electrons. The fourth-order valence-corrected chi connectivity index (χ4v) is 6.69. The van der Waals surface area contributed by atoms with Gasteiger partial charge in [0.1, 0.15) is 12.6 Å². The lowest BCUT2D eigenvalue weighted by Gasteiger charge is -2.34. The van der Waals surface area contributed by atoms with Gasteiger partial charge in [-0.25, -0.2) is 13.2 Å². The fraction of sp³-hybridized carbons (Fsp3) is 0.591. The molecule has 9 heteroatoms. The van der Waals surface area contributed by atoms with E-state index in [1.54, 1.807) is 4.90 Å². The fourth-order valence-electron chi connectivity index (χ4n) is 4.98. The monoisotopic (exact) mass is 447 g/mol. The van der Waals surface area contributed by atoms with Gasteiger partial charge in [0.2, 0.25) is 5.91 Å². The molecule has 2 atom stereocenters. The molecule has 0 aromatic heterocycles. The highest BCUT2D eigenvalue weighted by molar-refractivity contribution is 7.91. The first-order valence-electron chi connectivity index (χ1n) is 11.0. The predicted molar refractivity (Wildman–Crippen MR) is 115 cm³/mol. The number of imide groups is 1. The number of sulfone groups is 1. The zero-order valence-electron chi connectivity index (χ0n) is 17.5. The van der Waals surface area contributed by atoms with E-state index in [2.05, 4.69) is 5.32 Å². The minimum atomic E-state index is -3.15. The number of carbonyl (C=O) groups is 3. The summed E-state index contributed by atoms with van der Waals surface area (Å²) in [5, 5.41) is 2.69. The van der Waals surface area contributed by atoms with E-state index in [1.165, 1.54) is 0 Å². The Kier molecular flexibility index (Phi) is 6.31. The molecule has 31 heavy (non-hydrogen) atoms. The number of hydrogen-bond donors (Lipinski definition) is 1. The Labute approximate surface area is 182 Å². The van der Waals surface area contributed by atoms with Gasteiger partial charge in [-0.2, -0.15) is 0 Å². The van der Waals surface area contributed by atoms with Gasteiger partial charge >= 0.3 is 6.03 Å². The summed E-state index contributed by atoms with van der Waals surface area (Å²) < 4.78 is 24.0. The van der Waals surface area contributed by atoms with Gasteiger partial charge in [-0.15, -0.1) is 0 Å². The number of nitrogens with one attached hydrogen (secondary N) is 1. The molecule has 3 fully saturated rings. The summed E-state index contributed by atoms with van der Waals surface area (Å²) in [6.45, 7) is -0.334. The molecule has 0 spiro atoms. The van der Waals surface area contributed by atoms with E-state index in [9.17, 15) is 22.8 Å². The van der Waals surface area contributed by atoms with Crippen LogP contribution in [0.25, 0.3) is 0 Å². The maximum Gasteiger partial charge on any atom is 0.325 e. The van der Waals surface area contributed by atoms with Gasteiger partial charge in [-0.3, -0.25) is 14.5 Å². The topological polar surface area (TPSA) is 104 Å². The van der Waals surface area contributed by atoms with Crippen LogP contribution in [-0.4, -0.2) is 72.2 Å². The van der Waals surface area contributed by atoms with Crippen LogP contribution in [0.2, 0.25) is 0 Å². The highest BCUT2D eigenvalue weighted by atomic mass is 32.2. The van der Waals surface area contributed by atoms with E-state index in [0.29, 0.717) is 19.3 Å². The Balaban J connectivity index is 1.41. The Morgan fingerprint density at radius 1 is 1.06 bits per heavy atom. The summed E-state index contributed by atoms with van der Waals surface area (Å²) in [5.74, 6) is -0.672. The van der Waals surface area contributed by atoms with Gasteiger partial charge in [0.25, 0.3) is 5.91 Å². The Hall–Kier alpha value is -2.42. The third kappa shape index (κ3) is 4.92. The molecule has 4 amide bonds. The van der Waals surface area contributed by atoms with Crippen LogP contribution in [0.1, 0.15) is 44.1 Å². The molecule has 8 nitrogen and oxygen atoms in total. The smallest absolute Gasteiger partial charge is 0.325 e. The first kappa shape index (κ1) is 21.8. The number of aryl methyl sites for hydroxylation is 1. The molecule has 2 heterocycles. The van der Waals surface area contributed by atoms with E-state index in [1.807, 2.05) is 30.3 Å². The van der Waals surface area contributed by atoms with Crippen LogP contribution >= 0.6 is 0 Å². The minimum Gasteiger partial charge on any atom is -0.334 e. The molecular formula is C22H29N3O5S. The van der Waals surface area contributed by atoms with Crippen molar-refractivity contribution in [2.45, 2.75) is 63.1 Å². The Bertz CT molecular complexity index is 943. The summed E-state index contributed by atoms with van der Waals surface area (Å²) in [4.78, 5) is 41.1. The summed E-state index contributed by atoms with van der Waals surface area (Å²) >= 11 is 0. The molecule has 2 unspecified atom stereocenters. The van der Waals surface area contributed by atoms with Gasteiger partial charge in [-0.05, 0) is 37.7 Å². The third-order valence-corrected chi connectivity index (χ3v) is 8.32. The van der Waals surface area contributed by atoms with E-state index in [4.69, 9.17) is 0 Å². The summed E-state index contributed by atoms with van der Waals surface area (Å²) in [6.07, 6.45) is 5.20. The van der Waals surface area contributed by atoms with Crippen LogP contribution in [0.4, 0.5) is 4.79 Å². The molecule has 4 rings (SSSR count). The molecule has 0 bridgehead atoms. The van der Waals surface area contributed by atoms with Crippen LogP contribution in [0.15, 0.2) is 30.3 Å². The first-order chi connectivity index (χ1) is 14.8. The molecular weight excluding hydrogens is 418 g/mol. The number of rotatable bonds is 7. The zero-order chi connectivity index (χ0) is 22.0. The van der Waals surface area contributed by atoms with Crippen molar-refractivity contribution in [3.05, 3.63) is 35.9 Å². The lowest BCUT2D eigenvalue weighted by molar-refractivity contribution is -0.140. The number of urea groups is 1. The molecule has 2 saturated heterocycles. The second kappa shape index (κ2) is 8.98. The molecule has 1 N–H and O–H groups in total. The second-order valence-electron chi connectivity index (χ2n) is 8.75. The molecule has 1 aromatic rings. The van der Waals surface area contributed by atoms with Crippen LogP contribution in [-0.2, 0) is 25.8 Å². The Morgan fingerprint density at radius 2 is 1.77 bits per heavy atom. The molecule has 1 aromatic carbocycles. The van der Waals surface area contributed by atoms with Crippen molar-refractivity contribution in [1.82, 2.24) is 15.1 Å². The number of carbonyl (C=O) groups excluding carboxylic acids is 3. The third-order valence-electron chi connectivity index (χ3n) is 6.57. The van der Waals surface area contributed by atoms with Gasteiger partial charge in [0.05, 0.1) is 11.5 Å². The van der Waals surface area contributed by atoms with Gasteiger partial charge in [0, 0.05) is 12.1 Å². The number of benzene rings is 1. The predicted octanol–water partition coefficient (Wildman–Crippen LogP) is 1.50. The molecule has 0 radical (unpaired) electrons. The van der Waals surface area contributed by atoms with Crippen molar-refractivity contribution in [3.8, 4) is 0 Å². The van der Waals surface area contributed by atoms with Crippen molar-refractivity contribution >= 4 is 27.7 Å². The van der Waals surface area contributed by atoms with E-state index in [0.717, 1.165) is 36.1 Å². The summed E-state index contributed by atoms with van der Waals surface area (Å²) in [5.41, 5.74) is 1.08. The van der Waals surface area contributed by atoms with Crippen molar-refractivity contribution in [3.63, 3.8) is 0 Å². The minimum absolute atomic E-state index is 0.0135. The first-order valence-corrected chi connectivity index (χ1v) is 12.8. The van der Waals surface area contributed by atoms with Crippen molar-refractivity contribution in [2.24, 2.45) is 0 Å². The van der Waals surface area contributed by atoms with Crippen LogP contribution in [0.5, 0.6) is 0 Å².